The van der Waals surface area contributed by atoms with E-state index in [4.69, 9.17) is 4.74 Å². The van der Waals surface area contributed by atoms with Crippen molar-refractivity contribution in [3.8, 4) is 0 Å². The predicted octanol–water partition coefficient (Wildman–Crippen LogP) is 3.53. The molecule has 0 unspecified atom stereocenters. The van der Waals surface area contributed by atoms with Gasteiger partial charge < -0.3 is 19.9 Å². The fourth-order valence-corrected chi connectivity index (χ4v) is 3.25. The van der Waals surface area contributed by atoms with E-state index < -0.39 is 5.60 Å². The van der Waals surface area contributed by atoms with Crippen LogP contribution in [0.1, 0.15) is 45.7 Å². The van der Waals surface area contributed by atoms with E-state index in [2.05, 4.69) is 38.2 Å². The van der Waals surface area contributed by atoms with Crippen molar-refractivity contribution in [2.75, 3.05) is 32.7 Å². The third-order valence-electron chi connectivity index (χ3n) is 4.77. The van der Waals surface area contributed by atoms with Gasteiger partial charge in [-0.25, -0.2) is 9.59 Å². The first-order chi connectivity index (χ1) is 12.5. The number of nitrogens with zero attached hydrogens (tertiary/aromatic N) is 2. The molecule has 1 aromatic rings. The highest BCUT2D eigenvalue weighted by atomic mass is 16.6. The molecule has 1 aliphatic rings. The summed E-state index contributed by atoms with van der Waals surface area (Å²) in [4.78, 5) is 28.1. The summed E-state index contributed by atoms with van der Waals surface area (Å²) >= 11 is 0. The average molecular weight is 376 g/mol. The van der Waals surface area contributed by atoms with Gasteiger partial charge in [0.15, 0.2) is 0 Å². The SMILES string of the molecule is Cc1ccccc1C(C)(C)CNC(=O)N1CCN(C(=O)OC(C)(C)C)CC1. The Hall–Kier alpha value is -2.24. The molecule has 0 bridgehead atoms. The van der Waals surface area contributed by atoms with Crippen LogP contribution < -0.4 is 5.32 Å². The summed E-state index contributed by atoms with van der Waals surface area (Å²) in [6.45, 7) is 14.5. The molecule has 0 atom stereocenters. The molecule has 1 N–H and O–H groups in total. The Morgan fingerprint density at radius 2 is 1.56 bits per heavy atom. The van der Waals surface area contributed by atoms with Gasteiger partial charge in [-0.1, -0.05) is 38.1 Å². The lowest BCUT2D eigenvalue weighted by Crippen LogP contribution is -2.54. The summed E-state index contributed by atoms with van der Waals surface area (Å²) in [7, 11) is 0. The van der Waals surface area contributed by atoms with Crippen molar-refractivity contribution in [3.05, 3.63) is 35.4 Å². The Labute approximate surface area is 162 Å². The monoisotopic (exact) mass is 375 g/mol. The molecule has 0 aliphatic carbocycles. The number of carbonyl (C=O) groups is 2. The van der Waals surface area contributed by atoms with Crippen molar-refractivity contribution in [1.29, 1.82) is 0 Å². The van der Waals surface area contributed by atoms with Gasteiger partial charge in [0, 0.05) is 38.1 Å². The lowest BCUT2D eigenvalue weighted by Gasteiger charge is -2.36. The van der Waals surface area contributed by atoms with Crippen LogP contribution in [0.3, 0.4) is 0 Å². The van der Waals surface area contributed by atoms with E-state index in [1.54, 1.807) is 9.80 Å². The number of urea groups is 1. The molecular formula is C21H33N3O3. The Bertz CT molecular complexity index is 671. The van der Waals surface area contributed by atoms with Crippen LogP contribution >= 0.6 is 0 Å². The van der Waals surface area contributed by atoms with Crippen molar-refractivity contribution in [3.63, 3.8) is 0 Å². The van der Waals surface area contributed by atoms with Crippen LogP contribution in [-0.4, -0.2) is 60.2 Å². The molecule has 0 saturated carbocycles. The Morgan fingerprint density at radius 3 is 2.11 bits per heavy atom. The van der Waals surface area contributed by atoms with Crippen molar-refractivity contribution in [2.24, 2.45) is 0 Å². The Kier molecular flexibility index (Phi) is 6.39. The number of hydrogen-bond donors (Lipinski definition) is 1. The third-order valence-corrected chi connectivity index (χ3v) is 4.77. The van der Waals surface area contributed by atoms with E-state index in [1.165, 1.54) is 11.1 Å². The molecule has 1 saturated heterocycles. The minimum atomic E-state index is -0.507. The first kappa shape index (κ1) is 21.1. The molecule has 6 nitrogen and oxygen atoms in total. The summed E-state index contributed by atoms with van der Waals surface area (Å²) in [6, 6.07) is 8.18. The number of piperazine rings is 1. The number of ether oxygens (including phenoxy) is 1. The molecule has 150 valence electrons. The fourth-order valence-electron chi connectivity index (χ4n) is 3.25. The first-order valence-electron chi connectivity index (χ1n) is 9.56. The Morgan fingerprint density at radius 1 is 1.00 bits per heavy atom. The molecule has 0 aromatic heterocycles. The van der Waals surface area contributed by atoms with Crippen LogP contribution in [0, 0.1) is 6.92 Å². The van der Waals surface area contributed by atoms with E-state index >= 15 is 0 Å². The van der Waals surface area contributed by atoms with Crippen LogP contribution in [0.2, 0.25) is 0 Å². The van der Waals surface area contributed by atoms with E-state index in [-0.39, 0.29) is 17.5 Å². The van der Waals surface area contributed by atoms with Crippen LogP contribution in [0.15, 0.2) is 24.3 Å². The highest BCUT2D eigenvalue weighted by Gasteiger charge is 2.29. The third kappa shape index (κ3) is 5.88. The summed E-state index contributed by atoms with van der Waals surface area (Å²) in [5, 5.41) is 3.05. The highest BCUT2D eigenvalue weighted by molar-refractivity contribution is 5.75. The largest absolute Gasteiger partial charge is 0.444 e. The zero-order chi connectivity index (χ0) is 20.2. The molecule has 27 heavy (non-hydrogen) atoms. The predicted molar refractivity (Wildman–Crippen MR) is 107 cm³/mol. The van der Waals surface area contributed by atoms with Gasteiger partial charge in [0.05, 0.1) is 0 Å². The number of nitrogens with one attached hydrogen (secondary N) is 1. The molecule has 0 radical (unpaired) electrons. The van der Waals surface area contributed by atoms with Crippen molar-refractivity contribution < 1.29 is 14.3 Å². The van der Waals surface area contributed by atoms with Crippen LogP contribution in [-0.2, 0) is 10.2 Å². The topological polar surface area (TPSA) is 61.9 Å². The molecule has 6 heteroatoms. The number of amides is 3. The molecule has 0 spiro atoms. The average Bonchev–Trinajstić information content (AvgIpc) is 2.58. The van der Waals surface area contributed by atoms with E-state index in [9.17, 15) is 9.59 Å². The number of hydrogen-bond acceptors (Lipinski definition) is 3. The van der Waals surface area contributed by atoms with Crippen LogP contribution in [0.5, 0.6) is 0 Å². The van der Waals surface area contributed by atoms with Gasteiger partial charge in [0.25, 0.3) is 0 Å². The van der Waals surface area contributed by atoms with Gasteiger partial charge in [-0.15, -0.1) is 0 Å². The smallest absolute Gasteiger partial charge is 0.410 e. The first-order valence-corrected chi connectivity index (χ1v) is 9.56. The maximum absolute atomic E-state index is 12.5. The van der Waals surface area contributed by atoms with Gasteiger partial charge in [-0.2, -0.15) is 0 Å². The van der Waals surface area contributed by atoms with Crippen molar-refractivity contribution in [1.82, 2.24) is 15.1 Å². The van der Waals surface area contributed by atoms with Crippen molar-refractivity contribution in [2.45, 2.75) is 52.6 Å². The number of rotatable bonds is 3. The molecule has 1 aliphatic heterocycles. The van der Waals surface area contributed by atoms with E-state index in [0.717, 1.165) is 0 Å². The number of carbonyl (C=O) groups excluding carboxylic acids is 2. The summed E-state index contributed by atoms with van der Waals surface area (Å²) in [6.07, 6.45) is -0.316. The minimum absolute atomic E-state index is 0.0829. The number of benzene rings is 1. The lowest BCUT2D eigenvalue weighted by molar-refractivity contribution is 0.0170. The number of aryl methyl sites for hydroxylation is 1. The van der Waals surface area contributed by atoms with E-state index in [1.807, 2.05) is 32.9 Å². The fraction of sp³-hybridized carbons (Fsp3) is 0.619. The zero-order valence-electron chi connectivity index (χ0n) is 17.5. The molecular weight excluding hydrogens is 342 g/mol. The van der Waals surface area contributed by atoms with Gasteiger partial charge in [-0.05, 0) is 38.8 Å². The van der Waals surface area contributed by atoms with E-state index in [0.29, 0.717) is 32.7 Å². The summed E-state index contributed by atoms with van der Waals surface area (Å²) < 4.78 is 5.39. The standard InChI is InChI=1S/C21H33N3O3/c1-16-9-7-8-10-17(16)21(5,6)15-22-18(25)23-11-13-24(14-12-23)19(26)27-20(2,3)4/h7-10H,11-15H2,1-6H3,(H,22,25). The quantitative estimate of drug-likeness (QED) is 0.879. The molecule has 2 rings (SSSR count). The van der Waals surface area contributed by atoms with Gasteiger partial charge in [-0.3, -0.25) is 0 Å². The molecule has 1 fully saturated rings. The molecule has 1 aromatic carbocycles. The maximum atomic E-state index is 12.5. The molecule has 3 amide bonds. The lowest BCUT2D eigenvalue weighted by atomic mass is 9.82. The second-order valence-corrected chi connectivity index (χ2v) is 8.81. The van der Waals surface area contributed by atoms with Gasteiger partial charge >= 0.3 is 12.1 Å². The maximum Gasteiger partial charge on any atom is 0.410 e. The second kappa shape index (κ2) is 8.19. The van der Waals surface area contributed by atoms with Crippen molar-refractivity contribution >= 4 is 12.1 Å². The Balaban J connectivity index is 1.84. The van der Waals surface area contributed by atoms with Crippen LogP contribution in [0.4, 0.5) is 9.59 Å². The zero-order valence-corrected chi connectivity index (χ0v) is 17.5. The second-order valence-electron chi connectivity index (χ2n) is 8.81. The van der Waals surface area contributed by atoms with Gasteiger partial charge in [0.1, 0.15) is 5.60 Å². The minimum Gasteiger partial charge on any atom is -0.444 e. The van der Waals surface area contributed by atoms with Crippen LogP contribution in [0.25, 0.3) is 0 Å². The molecule has 1 heterocycles. The summed E-state index contributed by atoms with van der Waals surface area (Å²) in [5.74, 6) is 0. The highest BCUT2D eigenvalue weighted by Crippen LogP contribution is 2.25. The van der Waals surface area contributed by atoms with Gasteiger partial charge in [0.2, 0.25) is 0 Å². The normalized spacial score (nSPS) is 15.5. The summed E-state index contributed by atoms with van der Waals surface area (Å²) in [5.41, 5.74) is 1.80.